The van der Waals surface area contributed by atoms with Crippen molar-refractivity contribution < 1.29 is 17.9 Å². The molecule has 1 heterocycles. The van der Waals surface area contributed by atoms with Gasteiger partial charge in [0.2, 0.25) is 0 Å². The number of aliphatic hydroxyl groups excluding tert-OH is 1. The quantitative estimate of drug-likeness (QED) is 0.861. The van der Waals surface area contributed by atoms with Crippen LogP contribution in [0.2, 0.25) is 0 Å². The lowest BCUT2D eigenvalue weighted by Crippen LogP contribution is -2.16. The molecular weight excluding hydrogens is 363 g/mol. The van der Waals surface area contributed by atoms with E-state index in [0.717, 1.165) is 6.07 Å². The Labute approximate surface area is 130 Å². The third-order valence-electron chi connectivity index (χ3n) is 2.79. The largest absolute Gasteiger partial charge is 0.392 e. The van der Waals surface area contributed by atoms with Gasteiger partial charge >= 0.3 is 0 Å². The topological polar surface area (TPSA) is 79.3 Å². The Kier molecular flexibility index (Phi) is 4.60. The summed E-state index contributed by atoms with van der Waals surface area (Å²) in [6.07, 6.45) is 1.52. The maximum Gasteiger partial charge on any atom is 0.264 e. The number of hydrogen-bond donors (Lipinski definition) is 2. The highest BCUT2D eigenvalue weighted by molar-refractivity contribution is 9.10. The smallest absolute Gasteiger partial charge is 0.264 e. The predicted octanol–water partition coefficient (Wildman–Crippen LogP) is 2.58. The maximum atomic E-state index is 14.1. The minimum Gasteiger partial charge on any atom is -0.392 e. The summed E-state index contributed by atoms with van der Waals surface area (Å²) >= 11 is 3.10. The number of aliphatic hydroxyl groups is 1. The molecule has 2 N–H and O–H groups in total. The molecule has 112 valence electrons. The molecule has 0 aliphatic rings. The van der Waals surface area contributed by atoms with Gasteiger partial charge in [-0.3, -0.25) is 9.71 Å². The summed E-state index contributed by atoms with van der Waals surface area (Å²) in [6, 6.07) is 5.57. The fraction of sp³-hybridized carbons (Fsp3) is 0.154. The first-order valence-corrected chi connectivity index (χ1v) is 8.16. The molecule has 0 bridgehead atoms. The van der Waals surface area contributed by atoms with Crippen molar-refractivity contribution >= 4 is 31.6 Å². The highest BCUT2D eigenvalue weighted by atomic mass is 79.9. The summed E-state index contributed by atoms with van der Waals surface area (Å²) < 4.78 is 41.4. The van der Waals surface area contributed by atoms with Gasteiger partial charge in [0.1, 0.15) is 10.7 Å². The van der Waals surface area contributed by atoms with Gasteiger partial charge in [-0.15, -0.1) is 0 Å². The highest BCUT2D eigenvalue weighted by Crippen LogP contribution is 2.26. The Morgan fingerprint density at radius 1 is 1.43 bits per heavy atom. The molecular formula is C13H12BrFN2O3S. The van der Waals surface area contributed by atoms with Crippen LogP contribution in [-0.2, 0) is 16.6 Å². The molecule has 0 saturated heterocycles. The number of sulfonamides is 1. The Morgan fingerprint density at radius 3 is 2.76 bits per heavy atom. The number of nitrogens with zero attached hydrogens (tertiary/aromatic N) is 1. The Hall–Kier alpha value is -1.51. The van der Waals surface area contributed by atoms with Gasteiger partial charge in [-0.2, -0.15) is 0 Å². The van der Waals surface area contributed by atoms with Crippen LogP contribution in [0.3, 0.4) is 0 Å². The van der Waals surface area contributed by atoms with Crippen molar-refractivity contribution in [3.05, 3.63) is 52.0 Å². The SMILES string of the molecule is Cc1ncccc1NS(=O)(=O)c1cc(Br)cc(CO)c1F. The number of nitrogens with one attached hydrogen (secondary N) is 1. The number of anilines is 1. The van der Waals surface area contributed by atoms with Crippen molar-refractivity contribution in [3.8, 4) is 0 Å². The molecule has 0 unspecified atom stereocenters. The van der Waals surface area contributed by atoms with Crippen LogP contribution in [0, 0.1) is 12.7 Å². The van der Waals surface area contributed by atoms with Gasteiger partial charge in [0.15, 0.2) is 0 Å². The lowest BCUT2D eigenvalue weighted by Gasteiger charge is -2.12. The van der Waals surface area contributed by atoms with Crippen LogP contribution in [0.4, 0.5) is 10.1 Å². The molecule has 0 aliphatic heterocycles. The lowest BCUT2D eigenvalue weighted by molar-refractivity contribution is 0.274. The molecule has 0 aliphatic carbocycles. The van der Waals surface area contributed by atoms with Crippen LogP contribution < -0.4 is 4.72 Å². The molecule has 1 aromatic heterocycles. The van der Waals surface area contributed by atoms with Crippen LogP contribution in [0.15, 0.2) is 39.8 Å². The summed E-state index contributed by atoms with van der Waals surface area (Å²) in [4.78, 5) is 3.42. The zero-order valence-electron chi connectivity index (χ0n) is 11.0. The monoisotopic (exact) mass is 374 g/mol. The molecule has 21 heavy (non-hydrogen) atoms. The number of hydrogen-bond acceptors (Lipinski definition) is 4. The number of rotatable bonds is 4. The van der Waals surface area contributed by atoms with Gasteiger partial charge in [0.25, 0.3) is 10.0 Å². The van der Waals surface area contributed by atoms with E-state index < -0.39 is 27.3 Å². The Bertz CT molecular complexity index is 781. The van der Waals surface area contributed by atoms with E-state index in [0.29, 0.717) is 10.2 Å². The van der Waals surface area contributed by atoms with E-state index in [9.17, 15) is 12.8 Å². The summed E-state index contributed by atoms with van der Waals surface area (Å²) in [6.45, 7) is 1.04. The second kappa shape index (κ2) is 6.08. The second-order valence-corrected chi connectivity index (χ2v) is 6.84. The van der Waals surface area contributed by atoms with Crippen LogP contribution in [-0.4, -0.2) is 18.5 Å². The highest BCUT2D eigenvalue weighted by Gasteiger charge is 2.23. The Morgan fingerprint density at radius 2 is 2.14 bits per heavy atom. The molecule has 0 saturated carbocycles. The van der Waals surface area contributed by atoms with Gasteiger partial charge < -0.3 is 5.11 Å². The fourth-order valence-electron chi connectivity index (χ4n) is 1.72. The number of benzene rings is 1. The van der Waals surface area contributed by atoms with E-state index in [4.69, 9.17) is 5.11 Å². The average molecular weight is 375 g/mol. The number of aryl methyl sites for hydroxylation is 1. The first kappa shape index (κ1) is 15.9. The minimum atomic E-state index is -4.13. The summed E-state index contributed by atoms with van der Waals surface area (Å²) in [5, 5.41) is 9.08. The Balaban J connectivity index is 2.50. The fourth-order valence-corrected chi connectivity index (χ4v) is 3.64. The van der Waals surface area contributed by atoms with Gasteiger partial charge in [-0.05, 0) is 31.2 Å². The number of halogens is 2. The van der Waals surface area contributed by atoms with Gasteiger partial charge in [-0.25, -0.2) is 12.8 Å². The van der Waals surface area contributed by atoms with Crippen molar-refractivity contribution in [1.82, 2.24) is 4.98 Å². The molecule has 0 radical (unpaired) electrons. The van der Waals surface area contributed by atoms with Crippen LogP contribution >= 0.6 is 15.9 Å². The van der Waals surface area contributed by atoms with E-state index in [-0.39, 0.29) is 11.3 Å². The van der Waals surface area contributed by atoms with Crippen molar-refractivity contribution in [2.75, 3.05) is 4.72 Å². The predicted molar refractivity (Wildman–Crippen MR) is 79.8 cm³/mol. The molecule has 1 aromatic carbocycles. The number of aromatic nitrogens is 1. The molecule has 0 amide bonds. The van der Waals surface area contributed by atoms with E-state index in [2.05, 4.69) is 25.6 Å². The average Bonchev–Trinajstić information content (AvgIpc) is 2.43. The van der Waals surface area contributed by atoms with Gasteiger partial charge in [0, 0.05) is 16.2 Å². The van der Waals surface area contributed by atoms with Crippen LogP contribution in [0.5, 0.6) is 0 Å². The van der Waals surface area contributed by atoms with E-state index in [1.807, 2.05) is 0 Å². The van der Waals surface area contributed by atoms with Crippen molar-refractivity contribution in [3.63, 3.8) is 0 Å². The normalized spacial score (nSPS) is 11.4. The van der Waals surface area contributed by atoms with Gasteiger partial charge in [0.05, 0.1) is 18.0 Å². The van der Waals surface area contributed by atoms with Crippen LogP contribution in [0.1, 0.15) is 11.3 Å². The first-order chi connectivity index (χ1) is 9.85. The lowest BCUT2D eigenvalue weighted by atomic mass is 10.2. The molecule has 0 spiro atoms. The molecule has 0 fully saturated rings. The van der Waals surface area contributed by atoms with Crippen molar-refractivity contribution in [1.29, 1.82) is 0 Å². The van der Waals surface area contributed by atoms with Crippen molar-refractivity contribution in [2.24, 2.45) is 0 Å². The second-order valence-electron chi connectivity index (χ2n) is 4.28. The van der Waals surface area contributed by atoms with Gasteiger partial charge in [-0.1, -0.05) is 15.9 Å². The molecule has 5 nitrogen and oxygen atoms in total. The summed E-state index contributed by atoms with van der Waals surface area (Å²) in [7, 11) is -4.13. The number of pyridine rings is 1. The van der Waals surface area contributed by atoms with Crippen molar-refractivity contribution in [2.45, 2.75) is 18.4 Å². The molecule has 8 heteroatoms. The molecule has 2 aromatic rings. The first-order valence-electron chi connectivity index (χ1n) is 5.88. The standard InChI is InChI=1S/C13H12BrFN2O3S/c1-8-11(3-2-4-16-8)17-21(19,20)12-6-10(14)5-9(7-18)13(12)15/h2-6,17-18H,7H2,1H3. The zero-order valence-corrected chi connectivity index (χ0v) is 13.4. The zero-order chi connectivity index (χ0) is 15.6. The van der Waals surface area contributed by atoms with E-state index in [1.54, 1.807) is 13.0 Å². The van der Waals surface area contributed by atoms with E-state index in [1.165, 1.54) is 18.3 Å². The summed E-state index contributed by atoms with van der Waals surface area (Å²) in [5.41, 5.74) is 0.633. The van der Waals surface area contributed by atoms with E-state index >= 15 is 0 Å². The third kappa shape index (κ3) is 3.39. The minimum absolute atomic E-state index is 0.104. The van der Waals surface area contributed by atoms with Crippen LogP contribution in [0.25, 0.3) is 0 Å². The third-order valence-corrected chi connectivity index (χ3v) is 4.61. The maximum absolute atomic E-state index is 14.1. The molecule has 2 rings (SSSR count). The molecule has 0 atom stereocenters. The summed E-state index contributed by atoms with van der Waals surface area (Å²) in [5.74, 6) is -0.977.